The number of rotatable bonds is 5. The smallest absolute Gasteiger partial charge is 0.223 e. The fourth-order valence-corrected chi connectivity index (χ4v) is 2.67. The van der Waals surface area contributed by atoms with Crippen molar-refractivity contribution in [3.8, 4) is 0 Å². The summed E-state index contributed by atoms with van der Waals surface area (Å²) >= 11 is 0. The van der Waals surface area contributed by atoms with Gasteiger partial charge >= 0.3 is 0 Å². The molecule has 0 aromatic carbocycles. The van der Waals surface area contributed by atoms with Crippen molar-refractivity contribution in [1.29, 1.82) is 0 Å². The number of carbonyl (C=O) groups excluding carboxylic acids is 1. The molecule has 0 aliphatic heterocycles. The van der Waals surface area contributed by atoms with E-state index in [1.165, 1.54) is 25.7 Å². The Kier molecular flexibility index (Phi) is 5.30. The molecule has 0 heterocycles. The van der Waals surface area contributed by atoms with Crippen molar-refractivity contribution in [3.05, 3.63) is 0 Å². The van der Waals surface area contributed by atoms with Gasteiger partial charge < -0.3 is 5.32 Å². The van der Waals surface area contributed by atoms with Gasteiger partial charge in [0.15, 0.2) is 0 Å². The minimum atomic E-state index is 0.277. The summed E-state index contributed by atoms with van der Waals surface area (Å²) in [7, 11) is 0. The molecule has 0 radical (unpaired) electrons. The van der Waals surface area contributed by atoms with E-state index < -0.39 is 0 Å². The maximum absolute atomic E-state index is 12.0. The van der Waals surface area contributed by atoms with Crippen LogP contribution in [-0.2, 0) is 4.79 Å². The molecule has 1 amide bonds. The number of hydrogen-bond acceptors (Lipinski definition) is 1. The monoisotopic (exact) mass is 225 g/mol. The molecule has 0 aromatic heterocycles. The molecule has 0 unspecified atom stereocenters. The molecule has 94 valence electrons. The predicted molar refractivity (Wildman–Crippen MR) is 68.2 cm³/mol. The van der Waals surface area contributed by atoms with Crippen molar-refractivity contribution in [2.75, 3.05) is 0 Å². The Morgan fingerprint density at radius 2 is 1.94 bits per heavy atom. The molecule has 1 fully saturated rings. The van der Waals surface area contributed by atoms with Crippen LogP contribution in [-0.4, -0.2) is 11.9 Å². The Labute approximate surface area is 100 Å². The van der Waals surface area contributed by atoms with E-state index in [0.717, 1.165) is 12.3 Å². The number of amides is 1. The summed E-state index contributed by atoms with van der Waals surface area (Å²) in [5.74, 6) is 1.98. The maximum Gasteiger partial charge on any atom is 0.223 e. The third-order valence-corrected chi connectivity index (χ3v) is 3.54. The van der Waals surface area contributed by atoms with Gasteiger partial charge in [0, 0.05) is 12.0 Å². The molecular weight excluding hydrogens is 198 g/mol. The van der Waals surface area contributed by atoms with Crippen LogP contribution in [0.15, 0.2) is 0 Å². The highest BCUT2D eigenvalue weighted by molar-refractivity contribution is 5.79. The van der Waals surface area contributed by atoms with E-state index in [4.69, 9.17) is 0 Å². The van der Waals surface area contributed by atoms with Gasteiger partial charge in [-0.1, -0.05) is 26.7 Å². The zero-order chi connectivity index (χ0) is 12.1. The summed E-state index contributed by atoms with van der Waals surface area (Å²) in [6.45, 7) is 8.60. The van der Waals surface area contributed by atoms with E-state index in [1.54, 1.807) is 0 Å². The van der Waals surface area contributed by atoms with Crippen LogP contribution in [0.5, 0.6) is 0 Å². The highest BCUT2D eigenvalue weighted by atomic mass is 16.1. The SMILES string of the molecule is CC(C)CC[C@@H]1CCC[C@H]1C(=O)NC(C)C. The van der Waals surface area contributed by atoms with E-state index in [2.05, 4.69) is 19.2 Å². The Bertz CT molecular complexity index is 223. The molecule has 2 atom stereocenters. The minimum Gasteiger partial charge on any atom is -0.354 e. The van der Waals surface area contributed by atoms with Gasteiger partial charge in [0.1, 0.15) is 0 Å². The molecule has 1 rings (SSSR count). The van der Waals surface area contributed by atoms with Gasteiger partial charge in [-0.15, -0.1) is 0 Å². The summed E-state index contributed by atoms with van der Waals surface area (Å²) in [4.78, 5) is 12.0. The molecule has 1 aliphatic rings. The standard InChI is InChI=1S/C14H27NO/c1-10(2)8-9-12-6-5-7-13(12)14(16)15-11(3)4/h10-13H,5-9H2,1-4H3,(H,15,16)/t12-,13+/m0/s1. The number of nitrogens with one attached hydrogen (secondary N) is 1. The van der Waals surface area contributed by atoms with Crippen molar-refractivity contribution >= 4 is 5.91 Å². The van der Waals surface area contributed by atoms with Gasteiger partial charge in [-0.05, 0) is 44.9 Å². The van der Waals surface area contributed by atoms with E-state index in [1.807, 2.05) is 13.8 Å². The van der Waals surface area contributed by atoms with Crippen molar-refractivity contribution in [3.63, 3.8) is 0 Å². The normalized spacial score (nSPS) is 25.4. The van der Waals surface area contributed by atoms with Crippen LogP contribution < -0.4 is 5.32 Å². The first-order chi connectivity index (χ1) is 7.50. The van der Waals surface area contributed by atoms with Crippen molar-refractivity contribution in [1.82, 2.24) is 5.32 Å². The number of carbonyl (C=O) groups is 1. The van der Waals surface area contributed by atoms with Crippen LogP contribution in [0.25, 0.3) is 0 Å². The molecule has 0 spiro atoms. The van der Waals surface area contributed by atoms with Crippen LogP contribution in [0, 0.1) is 17.8 Å². The first kappa shape index (κ1) is 13.5. The first-order valence-electron chi connectivity index (χ1n) is 6.81. The average molecular weight is 225 g/mol. The van der Waals surface area contributed by atoms with Crippen LogP contribution in [0.3, 0.4) is 0 Å². The summed E-state index contributed by atoms with van der Waals surface area (Å²) in [6, 6.07) is 0.277. The van der Waals surface area contributed by atoms with E-state index >= 15 is 0 Å². The van der Waals surface area contributed by atoms with E-state index in [9.17, 15) is 4.79 Å². The number of hydrogen-bond donors (Lipinski definition) is 1. The fraction of sp³-hybridized carbons (Fsp3) is 0.929. The summed E-state index contributed by atoms with van der Waals surface area (Å²) in [5, 5.41) is 3.06. The fourth-order valence-electron chi connectivity index (χ4n) is 2.67. The van der Waals surface area contributed by atoms with E-state index in [-0.39, 0.29) is 6.04 Å². The largest absolute Gasteiger partial charge is 0.354 e. The third-order valence-electron chi connectivity index (χ3n) is 3.54. The molecular formula is C14H27NO. The molecule has 0 aromatic rings. The second-order valence-corrected chi connectivity index (χ2v) is 5.93. The lowest BCUT2D eigenvalue weighted by molar-refractivity contribution is -0.126. The summed E-state index contributed by atoms with van der Waals surface area (Å²) < 4.78 is 0. The molecule has 0 saturated heterocycles. The second-order valence-electron chi connectivity index (χ2n) is 5.93. The van der Waals surface area contributed by atoms with E-state index in [0.29, 0.717) is 17.7 Å². The molecule has 16 heavy (non-hydrogen) atoms. The highest BCUT2D eigenvalue weighted by Gasteiger charge is 2.32. The van der Waals surface area contributed by atoms with Gasteiger partial charge in [0.25, 0.3) is 0 Å². The molecule has 1 N–H and O–H groups in total. The Morgan fingerprint density at radius 3 is 2.50 bits per heavy atom. The lowest BCUT2D eigenvalue weighted by Gasteiger charge is -2.21. The van der Waals surface area contributed by atoms with Crippen LogP contribution in [0.2, 0.25) is 0 Å². The predicted octanol–water partition coefficient (Wildman–Crippen LogP) is 3.36. The van der Waals surface area contributed by atoms with Crippen molar-refractivity contribution in [2.45, 2.75) is 65.8 Å². The Balaban J connectivity index is 2.42. The van der Waals surface area contributed by atoms with Gasteiger partial charge in [0.2, 0.25) is 5.91 Å². The van der Waals surface area contributed by atoms with Gasteiger partial charge in [-0.3, -0.25) is 4.79 Å². The van der Waals surface area contributed by atoms with Crippen LogP contribution in [0.1, 0.15) is 59.8 Å². The highest BCUT2D eigenvalue weighted by Crippen LogP contribution is 2.35. The maximum atomic E-state index is 12.0. The zero-order valence-corrected chi connectivity index (χ0v) is 11.3. The average Bonchev–Trinajstić information content (AvgIpc) is 2.61. The molecule has 1 saturated carbocycles. The second kappa shape index (κ2) is 6.27. The lowest BCUT2D eigenvalue weighted by atomic mass is 9.88. The van der Waals surface area contributed by atoms with Gasteiger partial charge in [-0.25, -0.2) is 0 Å². The molecule has 0 bridgehead atoms. The molecule has 1 aliphatic carbocycles. The summed E-state index contributed by atoms with van der Waals surface area (Å²) in [5.41, 5.74) is 0. The molecule has 2 nitrogen and oxygen atoms in total. The van der Waals surface area contributed by atoms with Crippen LogP contribution >= 0.6 is 0 Å². The van der Waals surface area contributed by atoms with Crippen LogP contribution in [0.4, 0.5) is 0 Å². The van der Waals surface area contributed by atoms with Gasteiger partial charge in [-0.2, -0.15) is 0 Å². The Morgan fingerprint density at radius 1 is 1.25 bits per heavy atom. The topological polar surface area (TPSA) is 29.1 Å². The van der Waals surface area contributed by atoms with Crippen molar-refractivity contribution < 1.29 is 4.79 Å². The van der Waals surface area contributed by atoms with Crippen molar-refractivity contribution in [2.24, 2.45) is 17.8 Å². The molecule has 2 heteroatoms. The first-order valence-corrected chi connectivity index (χ1v) is 6.81. The lowest BCUT2D eigenvalue weighted by Crippen LogP contribution is -2.37. The minimum absolute atomic E-state index is 0.277. The van der Waals surface area contributed by atoms with Gasteiger partial charge in [0.05, 0.1) is 0 Å². The Hall–Kier alpha value is -0.530. The quantitative estimate of drug-likeness (QED) is 0.763. The summed E-state index contributed by atoms with van der Waals surface area (Å²) in [6.07, 6.45) is 6.08. The zero-order valence-electron chi connectivity index (χ0n) is 11.3. The third kappa shape index (κ3) is 4.15.